The van der Waals surface area contributed by atoms with Gasteiger partial charge in [0.25, 0.3) is 5.88 Å². The Morgan fingerprint density at radius 2 is 1.94 bits per heavy atom. The van der Waals surface area contributed by atoms with Crippen LogP contribution < -0.4 is 10.2 Å². The minimum absolute atomic E-state index is 0.0617. The molecular formula is C26H26N6O2. The van der Waals surface area contributed by atoms with E-state index in [9.17, 15) is 5.26 Å². The monoisotopic (exact) mass is 454 g/mol. The number of benzene rings is 2. The number of ether oxygens (including phenoxy) is 1. The summed E-state index contributed by atoms with van der Waals surface area (Å²) in [6.45, 7) is 6.65. The molecule has 0 fully saturated rings. The molecule has 2 aromatic heterocycles. The molecule has 172 valence electrons. The van der Waals surface area contributed by atoms with Crippen LogP contribution in [0.15, 0.2) is 70.3 Å². The van der Waals surface area contributed by atoms with Crippen LogP contribution in [0.4, 0.5) is 5.88 Å². The van der Waals surface area contributed by atoms with Crippen LogP contribution >= 0.6 is 0 Å². The normalized spacial score (nSPS) is 11.1. The largest absolute Gasteiger partial charge is 0.494 e. The third-order valence-corrected chi connectivity index (χ3v) is 4.98. The van der Waals surface area contributed by atoms with E-state index in [1.54, 1.807) is 6.21 Å². The predicted molar refractivity (Wildman–Crippen MR) is 131 cm³/mol. The highest BCUT2D eigenvalue weighted by molar-refractivity contribution is 5.89. The van der Waals surface area contributed by atoms with Gasteiger partial charge in [-0.1, -0.05) is 39.0 Å². The summed E-state index contributed by atoms with van der Waals surface area (Å²) in [4.78, 5) is 4.20. The Morgan fingerprint density at radius 1 is 1.18 bits per heavy atom. The lowest BCUT2D eigenvalue weighted by atomic mass is 10.1. The Bertz CT molecular complexity index is 1300. The van der Waals surface area contributed by atoms with Gasteiger partial charge < -0.3 is 9.15 Å². The van der Waals surface area contributed by atoms with Crippen LogP contribution in [0.5, 0.6) is 5.75 Å². The van der Waals surface area contributed by atoms with Crippen molar-refractivity contribution in [3.8, 4) is 28.8 Å². The van der Waals surface area contributed by atoms with E-state index < -0.39 is 0 Å². The molecule has 0 aliphatic rings. The number of hydrogen-bond acceptors (Lipinski definition) is 7. The maximum absolute atomic E-state index is 9.34. The van der Waals surface area contributed by atoms with Gasteiger partial charge in [-0.15, -0.1) is 0 Å². The van der Waals surface area contributed by atoms with Crippen LogP contribution in [0.2, 0.25) is 0 Å². The highest BCUT2D eigenvalue weighted by Crippen LogP contribution is 2.26. The lowest BCUT2D eigenvalue weighted by molar-refractivity contribution is 0.317. The summed E-state index contributed by atoms with van der Waals surface area (Å²) in [5.41, 5.74) is 6.40. The number of hydrogen-bond donors (Lipinski definition) is 1. The Hall–Kier alpha value is -4.38. The molecule has 4 aromatic rings. The zero-order valence-corrected chi connectivity index (χ0v) is 19.4. The molecule has 0 spiro atoms. The van der Waals surface area contributed by atoms with E-state index in [0.29, 0.717) is 12.5 Å². The number of nitrogens with zero attached hydrogens (tertiary/aromatic N) is 5. The van der Waals surface area contributed by atoms with Gasteiger partial charge in [0.1, 0.15) is 17.5 Å². The van der Waals surface area contributed by atoms with E-state index in [4.69, 9.17) is 14.3 Å². The van der Waals surface area contributed by atoms with Crippen molar-refractivity contribution in [1.82, 2.24) is 14.8 Å². The first-order chi connectivity index (χ1) is 16.6. The van der Waals surface area contributed by atoms with E-state index in [1.807, 2.05) is 85.4 Å². The van der Waals surface area contributed by atoms with Crippen LogP contribution in [0.25, 0.3) is 16.9 Å². The van der Waals surface area contributed by atoms with E-state index in [0.717, 1.165) is 34.7 Å². The molecule has 0 aliphatic heterocycles. The molecule has 0 saturated heterocycles. The van der Waals surface area contributed by atoms with Gasteiger partial charge in [-0.3, -0.25) is 0 Å². The van der Waals surface area contributed by atoms with Gasteiger partial charge in [-0.2, -0.15) is 15.5 Å². The standard InChI is InChI=1S/C26H26N6O2/c1-4-14-33-22-12-10-19(11-13-22)24-20(17-32(31-24)21-8-6-5-7-9-21)16-28-30-26-23(15-27)29-25(34-26)18(2)3/h5-13,16-18,30H,4,14H2,1-3H3/b28-16+. The van der Waals surface area contributed by atoms with Crippen LogP contribution in [-0.2, 0) is 0 Å². The zero-order chi connectivity index (χ0) is 23.9. The summed E-state index contributed by atoms with van der Waals surface area (Å²) in [6, 6.07) is 19.7. The van der Waals surface area contributed by atoms with Crippen molar-refractivity contribution in [2.45, 2.75) is 33.1 Å². The number of nitriles is 1. The molecule has 0 atom stereocenters. The molecule has 1 N–H and O–H groups in total. The number of hydrazone groups is 1. The molecular weight excluding hydrogens is 428 g/mol. The van der Waals surface area contributed by atoms with Gasteiger partial charge in [-0.05, 0) is 42.8 Å². The molecule has 34 heavy (non-hydrogen) atoms. The number of para-hydroxylation sites is 1. The van der Waals surface area contributed by atoms with Crippen molar-refractivity contribution in [2.75, 3.05) is 12.0 Å². The quantitative estimate of drug-likeness (QED) is 0.255. The smallest absolute Gasteiger partial charge is 0.252 e. The third-order valence-electron chi connectivity index (χ3n) is 4.98. The molecule has 4 rings (SSSR count). The second kappa shape index (κ2) is 10.5. The molecule has 0 unspecified atom stereocenters. The van der Waals surface area contributed by atoms with E-state index in [-0.39, 0.29) is 17.5 Å². The maximum Gasteiger partial charge on any atom is 0.252 e. The predicted octanol–water partition coefficient (Wildman–Crippen LogP) is 5.76. The molecule has 2 aromatic carbocycles. The van der Waals surface area contributed by atoms with Crippen molar-refractivity contribution < 1.29 is 9.15 Å². The van der Waals surface area contributed by atoms with Crippen molar-refractivity contribution >= 4 is 12.1 Å². The lowest BCUT2D eigenvalue weighted by Crippen LogP contribution is -1.95. The van der Waals surface area contributed by atoms with Gasteiger partial charge in [0.2, 0.25) is 11.6 Å². The summed E-state index contributed by atoms with van der Waals surface area (Å²) in [5.74, 6) is 1.58. The van der Waals surface area contributed by atoms with Crippen molar-refractivity contribution in [3.05, 3.63) is 77.9 Å². The van der Waals surface area contributed by atoms with E-state index in [2.05, 4.69) is 22.4 Å². The van der Waals surface area contributed by atoms with Crippen LogP contribution in [0.1, 0.15) is 50.3 Å². The van der Waals surface area contributed by atoms with Crippen molar-refractivity contribution in [2.24, 2.45) is 5.10 Å². The summed E-state index contributed by atoms with van der Waals surface area (Å²) < 4.78 is 13.2. The Morgan fingerprint density at radius 3 is 2.62 bits per heavy atom. The fraction of sp³-hybridized carbons (Fsp3) is 0.231. The van der Waals surface area contributed by atoms with Crippen LogP contribution in [0, 0.1) is 11.3 Å². The molecule has 2 heterocycles. The molecule has 0 aliphatic carbocycles. The van der Waals surface area contributed by atoms with Crippen LogP contribution in [0.3, 0.4) is 0 Å². The summed E-state index contributed by atoms with van der Waals surface area (Å²) in [7, 11) is 0. The Balaban J connectivity index is 1.64. The SMILES string of the molecule is CCCOc1ccc(-c2nn(-c3ccccc3)cc2/C=N/Nc2oc(C(C)C)nc2C#N)cc1. The Kier molecular flexibility index (Phi) is 7.04. The minimum Gasteiger partial charge on any atom is -0.494 e. The van der Waals surface area contributed by atoms with Crippen LogP contribution in [-0.4, -0.2) is 27.6 Å². The minimum atomic E-state index is 0.0617. The number of oxazole rings is 1. The second-order valence-electron chi connectivity index (χ2n) is 7.95. The first-order valence-corrected chi connectivity index (χ1v) is 11.2. The lowest BCUT2D eigenvalue weighted by Gasteiger charge is -2.05. The topological polar surface area (TPSA) is 101 Å². The fourth-order valence-electron chi connectivity index (χ4n) is 3.24. The van der Waals surface area contributed by atoms with E-state index >= 15 is 0 Å². The molecule has 0 radical (unpaired) electrons. The fourth-order valence-corrected chi connectivity index (χ4v) is 3.24. The molecule has 0 saturated carbocycles. The summed E-state index contributed by atoms with van der Waals surface area (Å²) in [6.07, 6.45) is 4.51. The average Bonchev–Trinajstić information content (AvgIpc) is 3.48. The molecule has 8 heteroatoms. The van der Waals surface area contributed by atoms with Gasteiger partial charge in [0, 0.05) is 23.2 Å². The van der Waals surface area contributed by atoms with Crippen molar-refractivity contribution in [1.29, 1.82) is 5.26 Å². The second-order valence-corrected chi connectivity index (χ2v) is 7.95. The number of nitrogens with one attached hydrogen (secondary N) is 1. The highest BCUT2D eigenvalue weighted by Gasteiger charge is 2.15. The van der Waals surface area contributed by atoms with Gasteiger partial charge >= 0.3 is 0 Å². The Labute approximate surface area is 198 Å². The average molecular weight is 455 g/mol. The molecule has 0 bridgehead atoms. The summed E-state index contributed by atoms with van der Waals surface area (Å²) in [5, 5.41) is 18.4. The first kappa shape index (κ1) is 22.8. The van der Waals surface area contributed by atoms with Crippen molar-refractivity contribution in [3.63, 3.8) is 0 Å². The molecule has 8 nitrogen and oxygen atoms in total. The number of anilines is 1. The maximum atomic E-state index is 9.34. The van der Waals surface area contributed by atoms with Gasteiger partial charge in [0.05, 0.1) is 18.5 Å². The van der Waals surface area contributed by atoms with Gasteiger partial charge in [0.15, 0.2) is 0 Å². The first-order valence-electron chi connectivity index (χ1n) is 11.2. The molecule has 0 amide bonds. The number of rotatable bonds is 9. The highest BCUT2D eigenvalue weighted by atomic mass is 16.5. The van der Waals surface area contributed by atoms with Gasteiger partial charge in [-0.25, -0.2) is 15.1 Å². The third kappa shape index (κ3) is 5.15. The zero-order valence-electron chi connectivity index (χ0n) is 19.4. The number of aromatic nitrogens is 3. The summed E-state index contributed by atoms with van der Waals surface area (Å²) >= 11 is 0. The van der Waals surface area contributed by atoms with E-state index in [1.165, 1.54) is 0 Å².